The highest BCUT2D eigenvalue weighted by atomic mass is 16.5. The molecule has 0 amide bonds. The summed E-state index contributed by atoms with van der Waals surface area (Å²) in [7, 11) is 2.21. The lowest BCUT2D eigenvalue weighted by atomic mass is 10.1. The van der Waals surface area contributed by atoms with Crippen molar-refractivity contribution in [1.82, 2.24) is 10.2 Å². The third-order valence-electron chi connectivity index (χ3n) is 3.19. The summed E-state index contributed by atoms with van der Waals surface area (Å²) in [6.07, 6.45) is 1.33. The van der Waals surface area contributed by atoms with Gasteiger partial charge in [-0.1, -0.05) is 20.8 Å². The SMILES string of the molecule is CC.CC1CNC(CN(C)C2COC2)C1. The topological polar surface area (TPSA) is 24.5 Å². The highest BCUT2D eigenvalue weighted by Crippen LogP contribution is 2.15. The summed E-state index contributed by atoms with van der Waals surface area (Å²) in [5.74, 6) is 0.857. The van der Waals surface area contributed by atoms with Crippen molar-refractivity contribution in [3.63, 3.8) is 0 Å². The lowest BCUT2D eigenvalue weighted by Crippen LogP contribution is -2.50. The molecule has 2 aliphatic heterocycles. The van der Waals surface area contributed by atoms with E-state index in [0.717, 1.165) is 19.1 Å². The number of hydrogen-bond acceptors (Lipinski definition) is 3. The van der Waals surface area contributed by atoms with Gasteiger partial charge in [0.05, 0.1) is 19.3 Å². The molecule has 0 bridgehead atoms. The van der Waals surface area contributed by atoms with Crippen molar-refractivity contribution < 1.29 is 4.74 Å². The zero-order valence-corrected chi connectivity index (χ0v) is 10.6. The van der Waals surface area contributed by atoms with Crippen molar-refractivity contribution >= 4 is 0 Å². The maximum absolute atomic E-state index is 5.18. The average Bonchev–Trinajstić information content (AvgIpc) is 2.51. The third kappa shape index (κ3) is 3.74. The van der Waals surface area contributed by atoms with E-state index in [9.17, 15) is 0 Å². The molecule has 2 rings (SSSR count). The van der Waals surface area contributed by atoms with Gasteiger partial charge in [-0.15, -0.1) is 0 Å². The van der Waals surface area contributed by atoms with E-state index < -0.39 is 0 Å². The summed E-state index contributed by atoms with van der Waals surface area (Å²) in [6, 6.07) is 1.39. The fourth-order valence-corrected chi connectivity index (χ4v) is 2.13. The zero-order valence-electron chi connectivity index (χ0n) is 10.6. The second kappa shape index (κ2) is 6.46. The van der Waals surface area contributed by atoms with Crippen LogP contribution in [0.1, 0.15) is 27.2 Å². The van der Waals surface area contributed by atoms with Gasteiger partial charge < -0.3 is 10.1 Å². The summed E-state index contributed by atoms with van der Waals surface area (Å²) < 4.78 is 5.18. The maximum atomic E-state index is 5.18. The van der Waals surface area contributed by atoms with E-state index in [1.165, 1.54) is 19.5 Å². The molecule has 3 heteroatoms. The van der Waals surface area contributed by atoms with Gasteiger partial charge in [0.1, 0.15) is 0 Å². The Hall–Kier alpha value is -0.120. The molecule has 2 heterocycles. The Labute approximate surface area is 94.2 Å². The van der Waals surface area contributed by atoms with Gasteiger partial charge in [0.15, 0.2) is 0 Å². The summed E-state index contributed by atoms with van der Waals surface area (Å²) in [4.78, 5) is 2.43. The van der Waals surface area contributed by atoms with Gasteiger partial charge in [-0.2, -0.15) is 0 Å². The van der Waals surface area contributed by atoms with Gasteiger partial charge in [-0.05, 0) is 25.9 Å². The predicted octanol–water partition coefficient (Wildman–Crippen LogP) is 1.34. The maximum Gasteiger partial charge on any atom is 0.0645 e. The van der Waals surface area contributed by atoms with Crippen molar-refractivity contribution in [2.75, 3.05) is 33.4 Å². The molecule has 2 saturated heterocycles. The summed E-state index contributed by atoms with van der Waals surface area (Å²) in [5, 5.41) is 3.56. The first-order valence-electron chi connectivity index (χ1n) is 6.27. The molecule has 0 aromatic rings. The summed E-state index contributed by atoms with van der Waals surface area (Å²) >= 11 is 0. The van der Waals surface area contributed by atoms with E-state index in [1.54, 1.807) is 0 Å². The summed E-state index contributed by atoms with van der Waals surface area (Å²) in [5.41, 5.74) is 0. The van der Waals surface area contributed by atoms with E-state index in [1.807, 2.05) is 13.8 Å². The molecule has 2 unspecified atom stereocenters. The van der Waals surface area contributed by atoms with Crippen LogP contribution in [0.3, 0.4) is 0 Å². The average molecular weight is 214 g/mol. The lowest BCUT2D eigenvalue weighted by Gasteiger charge is -2.35. The van der Waals surface area contributed by atoms with E-state index in [0.29, 0.717) is 12.1 Å². The zero-order chi connectivity index (χ0) is 11.3. The van der Waals surface area contributed by atoms with Crippen LogP contribution in [0.15, 0.2) is 0 Å². The minimum Gasteiger partial charge on any atom is -0.378 e. The molecule has 3 nitrogen and oxygen atoms in total. The van der Waals surface area contributed by atoms with E-state index in [2.05, 4.69) is 24.2 Å². The number of hydrogen-bond donors (Lipinski definition) is 1. The minimum atomic E-state index is 0.678. The molecule has 15 heavy (non-hydrogen) atoms. The first kappa shape index (κ1) is 12.9. The smallest absolute Gasteiger partial charge is 0.0645 e. The van der Waals surface area contributed by atoms with Crippen molar-refractivity contribution in [1.29, 1.82) is 0 Å². The van der Waals surface area contributed by atoms with Crippen LogP contribution in [-0.2, 0) is 4.74 Å². The number of ether oxygens (including phenoxy) is 1. The highest BCUT2D eigenvalue weighted by Gasteiger charge is 2.27. The van der Waals surface area contributed by atoms with E-state index in [4.69, 9.17) is 4.74 Å². The Morgan fingerprint density at radius 3 is 2.40 bits per heavy atom. The second-order valence-corrected chi connectivity index (χ2v) is 4.58. The highest BCUT2D eigenvalue weighted by molar-refractivity contribution is 4.84. The van der Waals surface area contributed by atoms with Gasteiger partial charge in [0, 0.05) is 12.6 Å². The first-order valence-corrected chi connectivity index (χ1v) is 6.27. The molecule has 0 spiro atoms. The number of nitrogens with zero attached hydrogens (tertiary/aromatic N) is 1. The van der Waals surface area contributed by atoms with E-state index in [-0.39, 0.29) is 0 Å². The van der Waals surface area contributed by atoms with Crippen LogP contribution in [0.25, 0.3) is 0 Å². The van der Waals surface area contributed by atoms with Crippen molar-refractivity contribution in [3.05, 3.63) is 0 Å². The van der Waals surface area contributed by atoms with Crippen LogP contribution in [0.5, 0.6) is 0 Å². The third-order valence-corrected chi connectivity index (χ3v) is 3.19. The van der Waals surface area contributed by atoms with Crippen LogP contribution in [0, 0.1) is 5.92 Å². The van der Waals surface area contributed by atoms with Gasteiger partial charge in [-0.3, -0.25) is 4.90 Å². The van der Waals surface area contributed by atoms with Crippen molar-refractivity contribution in [2.45, 2.75) is 39.3 Å². The molecule has 0 saturated carbocycles. The largest absolute Gasteiger partial charge is 0.378 e. The van der Waals surface area contributed by atoms with E-state index >= 15 is 0 Å². The fraction of sp³-hybridized carbons (Fsp3) is 1.00. The van der Waals surface area contributed by atoms with Crippen molar-refractivity contribution in [3.8, 4) is 0 Å². The summed E-state index contributed by atoms with van der Waals surface area (Å²) in [6.45, 7) is 10.6. The van der Waals surface area contributed by atoms with Gasteiger partial charge in [0.25, 0.3) is 0 Å². The molecule has 0 aromatic heterocycles. The Morgan fingerprint density at radius 2 is 2.00 bits per heavy atom. The molecule has 0 aliphatic carbocycles. The predicted molar refractivity (Wildman–Crippen MR) is 64.2 cm³/mol. The van der Waals surface area contributed by atoms with Crippen LogP contribution >= 0.6 is 0 Å². The van der Waals surface area contributed by atoms with Gasteiger partial charge in [-0.25, -0.2) is 0 Å². The minimum absolute atomic E-state index is 0.678. The first-order chi connectivity index (χ1) is 7.25. The Balaban J connectivity index is 0.000000531. The van der Waals surface area contributed by atoms with Crippen molar-refractivity contribution in [2.24, 2.45) is 5.92 Å². The molecule has 90 valence electrons. The molecule has 0 aromatic carbocycles. The van der Waals surface area contributed by atoms with Crippen LogP contribution in [0.4, 0.5) is 0 Å². The standard InChI is InChI=1S/C10H20N2O.C2H6/c1-8-3-9(11-4-8)5-12(2)10-6-13-7-10;1-2/h8-11H,3-7H2,1-2H3;1-2H3. The Bertz CT molecular complexity index is 171. The molecule has 2 aliphatic rings. The Kier molecular flexibility index (Phi) is 5.58. The number of rotatable bonds is 3. The molecular weight excluding hydrogens is 188 g/mol. The lowest BCUT2D eigenvalue weighted by molar-refractivity contribution is -0.0577. The monoisotopic (exact) mass is 214 g/mol. The molecule has 1 N–H and O–H groups in total. The number of likely N-dealkylation sites (N-methyl/N-ethyl adjacent to an activating group) is 1. The normalized spacial score (nSPS) is 31.0. The molecule has 2 atom stereocenters. The molecule has 0 radical (unpaired) electrons. The van der Waals surface area contributed by atoms with Crippen LogP contribution in [-0.4, -0.2) is 50.3 Å². The molecular formula is C12H26N2O. The quantitative estimate of drug-likeness (QED) is 0.767. The van der Waals surface area contributed by atoms with Crippen LogP contribution < -0.4 is 5.32 Å². The Morgan fingerprint density at radius 1 is 1.33 bits per heavy atom. The van der Waals surface area contributed by atoms with Gasteiger partial charge >= 0.3 is 0 Å². The van der Waals surface area contributed by atoms with Gasteiger partial charge in [0.2, 0.25) is 0 Å². The van der Waals surface area contributed by atoms with Crippen LogP contribution in [0.2, 0.25) is 0 Å². The number of nitrogens with one attached hydrogen (secondary N) is 1. The molecule has 2 fully saturated rings. The second-order valence-electron chi connectivity index (χ2n) is 4.58. The fourth-order valence-electron chi connectivity index (χ4n) is 2.13.